The molecule has 0 aliphatic carbocycles. The lowest BCUT2D eigenvalue weighted by molar-refractivity contribution is 0.693. The fourth-order valence-corrected chi connectivity index (χ4v) is 4.23. The first-order valence-electron chi connectivity index (χ1n) is 11.8. The fourth-order valence-electron chi connectivity index (χ4n) is 3.94. The normalized spacial score (nSPS) is 12.1. The van der Waals surface area contributed by atoms with Gasteiger partial charge in [0.15, 0.2) is 0 Å². The van der Waals surface area contributed by atoms with E-state index in [0.29, 0.717) is 5.92 Å². The van der Waals surface area contributed by atoms with Crippen molar-refractivity contribution < 1.29 is 0 Å². The van der Waals surface area contributed by atoms with Crippen molar-refractivity contribution >= 4 is 11.6 Å². The van der Waals surface area contributed by atoms with Crippen molar-refractivity contribution in [2.45, 2.75) is 78.1 Å². The zero-order chi connectivity index (χ0) is 22.1. The zero-order valence-corrected chi connectivity index (χ0v) is 20.0. The Bertz CT molecular complexity index is 932. The van der Waals surface area contributed by atoms with E-state index in [0.717, 1.165) is 34.8 Å². The van der Waals surface area contributed by atoms with Crippen molar-refractivity contribution in [1.82, 2.24) is 9.97 Å². The molecule has 31 heavy (non-hydrogen) atoms. The Labute approximate surface area is 193 Å². The molecule has 3 rings (SSSR count). The van der Waals surface area contributed by atoms with Crippen molar-refractivity contribution in [1.29, 1.82) is 0 Å². The Kier molecular flexibility index (Phi) is 9.09. The second-order valence-electron chi connectivity index (χ2n) is 8.50. The molecule has 0 saturated carbocycles. The summed E-state index contributed by atoms with van der Waals surface area (Å²) in [5, 5.41) is 0.753. The Balaban J connectivity index is 1.68. The number of benzene rings is 2. The third-order valence-corrected chi connectivity index (χ3v) is 6.37. The molecule has 3 aromatic rings. The van der Waals surface area contributed by atoms with Crippen LogP contribution in [0.1, 0.15) is 87.7 Å². The highest BCUT2D eigenvalue weighted by Gasteiger charge is 2.12. The van der Waals surface area contributed by atoms with E-state index in [4.69, 9.17) is 11.6 Å². The molecule has 0 aliphatic rings. The summed E-state index contributed by atoms with van der Waals surface area (Å²) >= 11 is 6.68. The summed E-state index contributed by atoms with van der Waals surface area (Å²) in [6.45, 7) is 6.70. The van der Waals surface area contributed by atoms with Crippen molar-refractivity contribution in [2.75, 3.05) is 0 Å². The van der Waals surface area contributed by atoms with Crippen LogP contribution in [0.25, 0.3) is 11.1 Å². The van der Waals surface area contributed by atoms with Gasteiger partial charge in [-0.3, -0.25) is 0 Å². The number of halogens is 1. The van der Waals surface area contributed by atoms with E-state index in [1.54, 1.807) is 0 Å². The van der Waals surface area contributed by atoms with Crippen LogP contribution in [-0.4, -0.2) is 9.97 Å². The summed E-state index contributed by atoms with van der Waals surface area (Å²) in [7, 11) is 0. The van der Waals surface area contributed by atoms with E-state index in [2.05, 4.69) is 73.2 Å². The minimum atomic E-state index is 0.299. The molecule has 0 spiro atoms. The first-order chi connectivity index (χ1) is 15.1. The maximum Gasteiger partial charge on any atom is 0.128 e. The number of hydrogen-bond acceptors (Lipinski definition) is 2. The van der Waals surface area contributed by atoms with Crippen LogP contribution in [0.4, 0.5) is 0 Å². The summed E-state index contributed by atoms with van der Waals surface area (Å²) in [6, 6.07) is 15.4. The highest BCUT2D eigenvalue weighted by molar-refractivity contribution is 6.33. The molecule has 0 radical (unpaired) electrons. The van der Waals surface area contributed by atoms with Gasteiger partial charge in [0.25, 0.3) is 0 Å². The Hall–Kier alpha value is -2.19. The van der Waals surface area contributed by atoms with Gasteiger partial charge < -0.3 is 0 Å². The second kappa shape index (κ2) is 12.0. The predicted octanol–water partition coefficient (Wildman–Crippen LogP) is 8.41. The zero-order valence-electron chi connectivity index (χ0n) is 19.2. The SMILES string of the molecule is CCCCCc1ccc(C(C)c2ccc(-c3cnc(CCCCC)nc3)c(Cl)c2)cc1. The summed E-state index contributed by atoms with van der Waals surface area (Å²) in [5.74, 6) is 1.21. The van der Waals surface area contributed by atoms with E-state index >= 15 is 0 Å². The van der Waals surface area contributed by atoms with Gasteiger partial charge >= 0.3 is 0 Å². The lowest BCUT2D eigenvalue weighted by Crippen LogP contribution is -1.98. The van der Waals surface area contributed by atoms with E-state index in [-0.39, 0.29) is 0 Å². The molecule has 0 N–H and O–H groups in total. The third-order valence-electron chi connectivity index (χ3n) is 6.06. The van der Waals surface area contributed by atoms with Gasteiger partial charge in [0, 0.05) is 40.9 Å². The van der Waals surface area contributed by atoms with Gasteiger partial charge in [-0.05, 0) is 42.0 Å². The molecule has 3 heteroatoms. The Morgan fingerprint density at radius 3 is 2.00 bits per heavy atom. The van der Waals surface area contributed by atoms with Gasteiger partial charge in [-0.15, -0.1) is 0 Å². The summed E-state index contributed by atoms with van der Waals surface area (Å²) < 4.78 is 0. The molecule has 0 bridgehead atoms. The molecule has 2 nitrogen and oxygen atoms in total. The maximum absolute atomic E-state index is 6.68. The minimum Gasteiger partial charge on any atom is -0.241 e. The van der Waals surface area contributed by atoms with Gasteiger partial charge in [0.05, 0.1) is 0 Å². The molecule has 1 heterocycles. The number of nitrogens with zero attached hydrogens (tertiary/aromatic N) is 2. The first-order valence-corrected chi connectivity index (χ1v) is 12.2. The standard InChI is InChI=1S/C28H35ClN2/c1-4-6-8-10-22-12-14-23(15-13-22)21(3)24-16-17-26(27(29)18-24)25-19-30-28(31-20-25)11-9-7-5-2/h12-21H,4-11H2,1-3H3. The second-order valence-corrected chi connectivity index (χ2v) is 8.91. The van der Waals surface area contributed by atoms with Crippen LogP contribution in [-0.2, 0) is 12.8 Å². The molecule has 0 amide bonds. The predicted molar refractivity (Wildman–Crippen MR) is 133 cm³/mol. The van der Waals surface area contributed by atoms with Crippen LogP contribution in [0.15, 0.2) is 54.9 Å². The third kappa shape index (κ3) is 6.64. The Morgan fingerprint density at radius 2 is 1.39 bits per heavy atom. The number of aryl methyl sites for hydroxylation is 2. The van der Waals surface area contributed by atoms with E-state index in [1.165, 1.54) is 55.2 Å². The number of aromatic nitrogens is 2. The number of unbranched alkanes of at least 4 members (excludes halogenated alkanes) is 4. The van der Waals surface area contributed by atoms with Gasteiger partial charge in [-0.1, -0.05) is 94.5 Å². The highest BCUT2D eigenvalue weighted by atomic mass is 35.5. The van der Waals surface area contributed by atoms with Gasteiger partial charge in [-0.25, -0.2) is 9.97 Å². The van der Waals surface area contributed by atoms with Crippen LogP contribution in [0.2, 0.25) is 5.02 Å². The molecule has 1 atom stereocenters. The molecule has 0 aliphatic heterocycles. The lowest BCUT2D eigenvalue weighted by atomic mass is 9.91. The van der Waals surface area contributed by atoms with Crippen molar-refractivity contribution in [3.05, 3.63) is 82.4 Å². The van der Waals surface area contributed by atoms with Crippen molar-refractivity contribution in [3.63, 3.8) is 0 Å². The van der Waals surface area contributed by atoms with E-state index < -0.39 is 0 Å². The van der Waals surface area contributed by atoms with Crippen LogP contribution < -0.4 is 0 Å². The summed E-state index contributed by atoms with van der Waals surface area (Å²) in [5.41, 5.74) is 5.94. The number of hydrogen-bond donors (Lipinski definition) is 0. The van der Waals surface area contributed by atoms with Crippen LogP contribution in [0, 0.1) is 0 Å². The Morgan fingerprint density at radius 1 is 0.774 bits per heavy atom. The number of rotatable bonds is 11. The molecule has 1 aromatic heterocycles. The molecule has 164 valence electrons. The van der Waals surface area contributed by atoms with Crippen molar-refractivity contribution in [3.8, 4) is 11.1 Å². The molecule has 0 saturated heterocycles. The van der Waals surface area contributed by atoms with Crippen LogP contribution in [0.5, 0.6) is 0 Å². The molecule has 2 aromatic carbocycles. The molecular weight excluding hydrogens is 400 g/mol. The summed E-state index contributed by atoms with van der Waals surface area (Å²) in [4.78, 5) is 9.08. The molecule has 1 unspecified atom stereocenters. The first kappa shape index (κ1) is 23.5. The fraction of sp³-hybridized carbons (Fsp3) is 0.429. The van der Waals surface area contributed by atoms with Crippen LogP contribution in [0.3, 0.4) is 0 Å². The largest absolute Gasteiger partial charge is 0.241 e. The monoisotopic (exact) mass is 434 g/mol. The highest BCUT2D eigenvalue weighted by Crippen LogP contribution is 2.32. The van der Waals surface area contributed by atoms with Gasteiger partial charge in [0.2, 0.25) is 0 Å². The van der Waals surface area contributed by atoms with E-state index in [1.807, 2.05) is 12.4 Å². The average molecular weight is 435 g/mol. The summed E-state index contributed by atoms with van der Waals surface area (Å²) in [6.07, 6.45) is 13.3. The topological polar surface area (TPSA) is 25.8 Å². The molecule has 0 fully saturated rings. The average Bonchev–Trinajstić information content (AvgIpc) is 2.80. The minimum absolute atomic E-state index is 0.299. The maximum atomic E-state index is 6.68. The van der Waals surface area contributed by atoms with Gasteiger partial charge in [-0.2, -0.15) is 0 Å². The van der Waals surface area contributed by atoms with Crippen molar-refractivity contribution in [2.24, 2.45) is 0 Å². The van der Waals surface area contributed by atoms with Gasteiger partial charge in [0.1, 0.15) is 5.82 Å². The van der Waals surface area contributed by atoms with Crippen LogP contribution >= 0.6 is 11.6 Å². The molecular formula is C28H35ClN2. The smallest absolute Gasteiger partial charge is 0.128 e. The quantitative estimate of drug-likeness (QED) is 0.283. The van der Waals surface area contributed by atoms with E-state index in [9.17, 15) is 0 Å². The lowest BCUT2D eigenvalue weighted by Gasteiger charge is -2.15.